The van der Waals surface area contributed by atoms with Gasteiger partial charge in [-0.2, -0.15) is 5.10 Å². The summed E-state index contributed by atoms with van der Waals surface area (Å²) < 4.78 is 4.83. The van der Waals surface area contributed by atoms with Gasteiger partial charge in [0.05, 0.1) is 17.9 Å². The van der Waals surface area contributed by atoms with Crippen LogP contribution in [0.5, 0.6) is 0 Å². The van der Waals surface area contributed by atoms with Gasteiger partial charge in [0.2, 0.25) is 0 Å². The maximum atomic E-state index is 12.5. The third-order valence-corrected chi connectivity index (χ3v) is 3.62. The summed E-state index contributed by atoms with van der Waals surface area (Å²) in [5, 5.41) is 9.96. The fourth-order valence-electron chi connectivity index (χ4n) is 2.38. The average Bonchev–Trinajstić information content (AvgIpc) is 2.96. The van der Waals surface area contributed by atoms with E-state index in [9.17, 15) is 9.59 Å². The van der Waals surface area contributed by atoms with E-state index in [1.165, 1.54) is 6.08 Å². The second-order valence-corrected chi connectivity index (χ2v) is 5.93. The Bertz CT molecular complexity index is 774. The fourth-order valence-corrected chi connectivity index (χ4v) is 2.38. The average molecular weight is 341 g/mol. The minimum atomic E-state index is -0.378. The van der Waals surface area contributed by atoms with Gasteiger partial charge >= 0.3 is 5.97 Å². The van der Waals surface area contributed by atoms with E-state index in [1.54, 1.807) is 25.1 Å². The molecule has 0 aliphatic rings. The number of carbonyl (C=O) groups excluding carboxylic acids is 2. The third-order valence-electron chi connectivity index (χ3n) is 3.62. The molecule has 0 fully saturated rings. The first-order valence-electron chi connectivity index (χ1n) is 8.23. The number of aryl methyl sites for hydroxylation is 1. The van der Waals surface area contributed by atoms with Gasteiger partial charge in [-0.05, 0) is 43.5 Å². The van der Waals surface area contributed by atoms with Gasteiger partial charge in [-0.1, -0.05) is 26.0 Å². The number of hydrogen-bond donors (Lipinski definition) is 2. The first-order chi connectivity index (χ1) is 11.9. The Labute approximate surface area is 147 Å². The summed E-state index contributed by atoms with van der Waals surface area (Å²) in [5.41, 5.74) is 3.60. The van der Waals surface area contributed by atoms with Gasteiger partial charge in [-0.3, -0.25) is 9.89 Å². The quantitative estimate of drug-likeness (QED) is 0.620. The molecule has 0 saturated heterocycles. The minimum Gasteiger partial charge on any atom is -0.463 e. The van der Waals surface area contributed by atoms with Gasteiger partial charge in [0.15, 0.2) is 0 Å². The van der Waals surface area contributed by atoms with Crippen LogP contribution in [0, 0.1) is 6.92 Å². The number of carbonyl (C=O) groups is 2. The van der Waals surface area contributed by atoms with E-state index in [0.29, 0.717) is 17.9 Å². The molecule has 0 atom stereocenters. The summed E-state index contributed by atoms with van der Waals surface area (Å²) in [5.74, 6) is -0.414. The molecular weight excluding hydrogens is 318 g/mol. The molecule has 2 N–H and O–H groups in total. The fraction of sp³-hybridized carbons (Fsp3) is 0.316. The topological polar surface area (TPSA) is 84.1 Å². The predicted molar refractivity (Wildman–Crippen MR) is 97.5 cm³/mol. The SMILES string of the molecule is CCOC(=O)/C=C/c1ccc(NC(=O)c2c(C(C)C)n[nH]c2C)cc1. The van der Waals surface area contributed by atoms with Crippen molar-refractivity contribution >= 4 is 23.6 Å². The van der Waals surface area contributed by atoms with Crippen LogP contribution in [0.1, 0.15) is 54.0 Å². The first kappa shape index (κ1) is 18.4. The molecular formula is C19H23N3O3. The Kier molecular flexibility index (Phi) is 6.11. The van der Waals surface area contributed by atoms with Gasteiger partial charge in [0.25, 0.3) is 5.91 Å². The van der Waals surface area contributed by atoms with E-state index in [4.69, 9.17) is 4.74 Å². The van der Waals surface area contributed by atoms with Crippen molar-refractivity contribution in [1.29, 1.82) is 0 Å². The van der Waals surface area contributed by atoms with Crippen LogP contribution in [0.25, 0.3) is 6.08 Å². The molecule has 6 heteroatoms. The smallest absolute Gasteiger partial charge is 0.330 e. The number of benzene rings is 1. The number of nitrogens with zero attached hydrogens (tertiary/aromatic N) is 1. The van der Waals surface area contributed by atoms with E-state index in [-0.39, 0.29) is 17.8 Å². The van der Waals surface area contributed by atoms with E-state index in [1.807, 2.05) is 32.9 Å². The lowest BCUT2D eigenvalue weighted by molar-refractivity contribution is -0.137. The highest BCUT2D eigenvalue weighted by Gasteiger charge is 2.20. The van der Waals surface area contributed by atoms with Crippen molar-refractivity contribution in [1.82, 2.24) is 10.2 Å². The van der Waals surface area contributed by atoms with Gasteiger partial charge in [0, 0.05) is 17.5 Å². The monoisotopic (exact) mass is 341 g/mol. The number of nitrogens with one attached hydrogen (secondary N) is 2. The molecule has 1 aromatic heterocycles. The number of amides is 1. The van der Waals surface area contributed by atoms with Gasteiger partial charge in [0.1, 0.15) is 0 Å². The molecule has 1 aromatic carbocycles. The van der Waals surface area contributed by atoms with Crippen molar-refractivity contribution < 1.29 is 14.3 Å². The maximum Gasteiger partial charge on any atom is 0.330 e. The van der Waals surface area contributed by atoms with Crippen LogP contribution in [0.3, 0.4) is 0 Å². The van der Waals surface area contributed by atoms with Crippen LogP contribution in [0.2, 0.25) is 0 Å². The van der Waals surface area contributed by atoms with E-state index in [0.717, 1.165) is 17.0 Å². The van der Waals surface area contributed by atoms with Gasteiger partial charge < -0.3 is 10.1 Å². The third kappa shape index (κ3) is 4.79. The highest BCUT2D eigenvalue weighted by Crippen LogP contribution is 2.21. The second kappa shape index (κ2) is 8.28. The number of rotatable bonds is 6. The van der Waals surface area contributed by atoms with Crippen molar-refractivity contribution in [3.05, 3.63) is 52.9 Å². The lowest BCUT2D eigenvalue weighted by Gasteiger charge is -2.08. The number of aromatic nitrogens is 2. The van der Waals surface area contributed by atoms with E-state index in [2.05, 4.69) is 15.5 Å². The number of aromatic amines is 1. The zero-order valence-electron chi connectivity index (χ0n) is 14.9. The standard InChI is InChI=1S/C19H23N3O3/c1-5-25-16(23)11-8-14-6-9-15(10-7-14)20-19(24)17-13(4)21-22-18(17)12(2)3/h6-12H,5H2,1-4H3,(H,20,24)(H,21,22)/b11-8+. The zero-order chi connectivity index (χ0) is 18.4. The van der Waals surface area contributed by atoms with Crippen LogP contribution < -0.4 is 5.32 Å². The number of hydrogen-bond acceptors (Lipinski definition) is 4. The van der Waals surface area contributed by atoms with Crippen molar-refractivity contribution in [3.8, 4) is 0 Å². The maximum absolute atomic E-state index is 12.5. The predicted octanol–water partition coefficient (Wildman–Crippen LogP) is 3.67. The molecule has 0 bridgehead atoms. The first-order valence-corrected chi connectivity index (χ1v) is 8.23. The summed E-state index contributed by atoms with van der Waals surface area (Å²) in [4.78, 5) is 23.9. The highest BCUT2D eigenvalue weighted by atomic mass is 16.5. The Morgan fingerprint density at radius 3 is 2.56 bits per heavy atom. The number of anilines is 1. The highest BCUT2D eigenvalue weighted by molar-refractivity contribution is 6.06. The number of ether oxygens (including phenoxy) is 1. The molecule has 0 saturated carbocycles. The molecule has 2 rings (SSSR count). The molecule has 0 unspecified atom stereocenters. The molecule has 1 amide bonds. The second-order valence-electron chi connectivity index (χ2n) is 5.93. The molecule has 0 spiro atoms. The van der Waals surface area contributed by atoms with Crippen molar-refractivity contribution in [2.45, 2.75) is 33.6 Å². The van der Waals surface area contributed by atoms with E-state index >= 15 is 0 Å². The molecule has 1 heterocycles. The Morgan fingerprint density at radius 2 is 1.96 bits per heavy atom. The summed E-state index contributed by atoms with van der Waals surface area (Å²) in [6.45, 7) is 7.93. The Morgan fingerprint density at radius 1 is 1.28 bits per heavy atom. The summed E-state index contributed by atoms with van der Waals surface area (Å²) in [6, 6.07) is 7.20. The van der Waals surface area contributed by atoms with E-state index < -0.39 is 0 Å². The summed E-state index contributed by atoms with van der Waals surface area (Å²) in [6.07, 6.45) is 3.04. The molecule has 0 radical (unpaired) electrons. The number of esters is 1. The van der Waals surface area contributed by atoms with Crippen LogP contribution in [-0.2, 0) is 9.53 Å². The summed E-state index contributed by atoms with van der Waals surface area (Å²) >= 11 is 0. The zero-order valence-corrected chi connectivity index (χ0v) is 14.9. The van der Waals surface area contributed by atoms with Crippen LogP contribution >= 0.6 is 0 Å². The van der Waals surface area contributed by atoms with Crippen molar-refractivity contribution in [3.63, 3.8) is 0 Å². The molecule has 2 aromatic rings. The number of H-pyrrole nitrogens is 1. The Hall–Kier alpha value is -2.89. The lowest BCUT2D eigenvalue weighted by Crippen LogP contribution is -2.15. The van der Waals surface area contributed by atoms with Crippen LogP contribution in [0.15, 0.2) is 30.3 Å². The lowest BCUT2D eigenvalue weighted by atomic mass is 10.0. The molecule has 0 aliphatic carbocycles. The van der Waals surface area contributed by atoms with Crippen LogP contribution in [0.4, 0.5) is 5.69 Å². The Balaban J connectivity index is 2.08. The normalized spacial score (nSPS) is 11.1. The van der Waals surface area contributed by atoms with Gasteiger partial charge in [-0.25, -0.2) is 4.79 Å². The molecule has 25 heavy (non-hydrogen) atoms. The van der Waals surface area contributed by atoms with Crippen molar-refractivity contribution in [2.24, 2.45) is 0 Å². The molecule has 6 nitrogen and oxygen atoms in total. The largest absolute Gasteiger partial charge is 0.463 e. The summed E-state index contributed by atoms with van der Waals surface area (Å²) in [7, 11) is 0. The molecule has 132 valence electrons. The van der Waals surface area contributed by atoms with Crippen LogP contribution in [-0.4, -0.2) is 28.7 Å². The minimum absolute atomic E-state index is 0.154. The van der Waals surface area contributed by atoms with Gasteiger partial charge in [-0.15, -0.1) is 0 Å². The van der Waals surface area contributed by atoms with Crippen molar-refractivity contribution in [2.75, 3.05) is 11.9 Å². The molecule has 0 aliphatic heterocycles.